The van der Waals surface area contributed by atoms with E-state index in [1.54, 1.807) is 11.3 Å². The second-order valence-corrected chi connectivity index (χ2v) is 13.1. The smallest absolute Gasteiger partial charge is 0.312 e. The Kier molecular flexibility index (Phi) is 6.57. The van der Waals surface area contributed by atoms with E-state index in [4.69, 9.17) is 14.5 Å². The van der Waals surface area contributed by atoms with E-state index in [0.717, 1.165) is 89.8 Å². The molecule has 2 aliphatic carbocycles. The number of aromatic nitrogens is 1. The van der Waals surface area contributed by atoms with Gasteiger partial charge in [0.25, 0.3) is 5.91 Å². The quantitative estimate of drug-likeness (QED) is 0.330. The largest absolute Gasteiger partial charge is 0.488 e. The van der Waals surface area contributed by atoms with Crippen LogP contribution >= 0.6 is 11.3 Å². The van der Waals surface area contributed by atoms with Gasteiger partial charge >= 0.3 is 5.97 Å². The van der Waals surface area contributed by atoms with Crippen LogP contribution in [0.4, 0.5) is 5.13 Å². The Morgan fingerprint density at radius 3 is 2.63 bits per heavy atom. The summed E-state index contributed by atoms with van der Waals surface area (Å²) >= 11 is 1.66. The summed E-state index contributed by atoms with van der Waals surface area (Å²) in [5, 5.41) is 3.12. The number of thiazole rings is 1. The third-order valence-corrected chi connectivity index (χ3v) is 10.9. The van der Waals surface area contributed by atoms with Gasteiger partial charge in [-0.25, -0.2) is 4.98 Å². The Hall–Kier alpha value is -3.39. The number of fused-ring (bicyclic) bond motifs is 1. The maximum Gasteiger partial charge on any atom is 0.312 e. The number of methoxy groups -OCH3 is 1. The van der Waals surface area contributed by atoms with Gasteiger partial charge in [0.15, 0.2) is 5.13 Å². The van der Waals surface area contributed by atoms with E-state index in [9.17, 15) is 9.59 Å². The van der Waals surface area contributed by atoms with Crippen molar-refractivity contribution in [3.8, 4) is 17.0 Å². The summed E-state index contributed by atoms with van der Waals surface area (Å²) in [5.41, 5.74) is 5.72. The second-order valence-electron chi connectivity index (χ2n) is 12.3. The van der Waals surface area contributed by atoms with Crippen molar-refractivity contribution in [3.63, 3.8) is 0 Å². The van der Waals surface area contributed by atoms with Crippen LogP contribution < -0.4 is 9.64 Å². The molecule has 0 radical (unpaired) electrons. The zero-order valence-corrected chi connectivity index (χ0v) is 24.8. The molecule has 2 aromatic carbocycles. The lowest BCUT2D eigenvalue weighted by Crippen LogP contribution is -2.48. The molecule has 8 heteroatoms. The van der Waals surface area contributed by atoms with Gasteiger partial charge in [0.1, 0.15) is 12.4 Å². The van der Waals surface area contributed by atoms with Crippen molar-refractivity contribution in [2.24, 2.45) is 23.2 Å². The van der Waals surface area contributed by atoms with Gasteiger partial charge in [-0.1, -0.05) is 17.7 Å². The van der Waals surface area contributed by atoms with Crippen LogP contribution in [0.5, 0.6) is 5.75 Å². The highest BCUT2D eigenvalue weighted by atomic mass is 32.1. The lowest BCUT2D eigenvalue weighted by atomic mass is 9.71. The van der Waals surface area contributed by atoms with Crippen molar-refractivity contribution in [2.45, 2.75) is 46.1 Å². The van der Waals surface area contributed by atoms with E-state index in [-0.39, 0.29) is 17.3 Å². The van der Waals surface area contributed by atoms with Crippen LogP contribution in [0.3, 0.4) is 0 Å². The Morgan fingerprint density at radius 2 is 1.88 bits per heavy atom. The van der Waals surface area contributed by atoms with E-state index in [1.807, 2.05) is 36.1 Å². The molecule has 4 unspecified atom stereocenters. The van der Waals surface area contributed by atoms with Gasteiger partial charge in [-0.2, -0.15) is 0 Å². The standard InChI is InChI=1S/C33H37N3O4S/c1-20-7-10-29(40-18-23-9-8-22(14-21(23)2)30(37)35-11-5-4-6-12-35)25(13-20)28-19-41-32(34-28)36-16-24-15-26-27(17-36)33(24,26)31(38)39-3/h7-10,13-14,19,24,26-27H,4-6,11-12,15-18H2,1-3H3. The van der Waals surface area contributed by atoms with E-state index in [2.05, 4.69) is 29.3 Å². The molecule has 7 rings (SSSR count). The number of hydrogen-bond donors (Lipinski definition) is 0. The number of nitrogens with zero attached hydrogens (tertiary/aromatic N) is 3. The predicted octanol–water partition coefficient (Wildman–Crippen LogP) is 5.88. The number of piperidine rings is 2. The molecule has 2 aliphatic heterocycles. The number of anilines is 1. The van der Waals surface area contributed by atoms with Gasteiger partial charge in [-0.3, -0.25) is 9.59 Å². The molecule has 214 valence electrons. The molecule has 4 fully saturated rings. The zero-order valence-electron chi connectivity index (χ0n) is 24.0. The molecule has 2 saturated carbocycles. The van der Waals surface area contributed by atoms with Crippen molar-refractivity contribution >= 4 is 28.3 Å². The Labute approximate surface area is 245 Å². The molecule has 0 spiro atoms. The first-order valence-electron chi connectivity index (χ1n) is 14.8. The first-order chi connectivity index (χ1) is 19.9. The maximum absolute atomic E-state index is 13.0. The monoisotopic (exact) mass is 571 g/mol. The van der Waals surface area contributed by atoms with E-state index < -0.39 is 0 Å². The molecule has 3 heterocycles. The van der Waals surface area contributed by atoms with Crippen LogP contribution in [0.15, 0.2) is 41.8 Å². The SMILES string of the molecule is COC(=O)C12C3CC1C2CN(c1nc(-c2cc(C)ccc2OCc2ccc(C(=O)N4CCCCC4)cc2C)cs1)C3. The fraction of sp³-hybridized carbons (Fsp3) is 0.485. The number of amides is 1. The molecule has 1 aromatic heterocycles. The van der Waals surface area contributed by atoms with Gasteiger partial charge in [0.2, 0.25) is 0 Å². The minimum absolute atomic E-state index is 0.0109. The van der Waals surface area contributed by atoms with E-state index >= 15 is 0 Å². The highest BCUT2D eigenvalue weighted by Gasteiger charge is 2.82. The molecule has 3 aromatic rings. The molecule has 41 heavy (non-hydrogen) atoms. The minimum atomic E-state index is -0.208. The summed E-state index contributed by atoms with van der Waals surface area (Å²) in [6.45, 7) is 7.99. The van der Waals surface area contributed by atoms with E-state index in [0.29, 0.717) is 24.4 Å². The lowest BCUT2D eigenvalue weighted by molar-refractivity contribution is -0.154. The maximum atomic E-state index is 13.0. The molecular weight excluding hydrogens is 534 g/mol. The van der Waals surface area contributed by atoms with Crippen LogP contribution in [0.2, 0.25) is 0 Å². The summed E-state index contributed by atoms with van der Waals surface area (Å²) < 4.78 is 11.6. The lowest BCUT2D eigenvalue weighted by Gasteiger charge is -2.40. The summed E-state index contributed by atoms with van der Waals surface area (Å²) in [7, 11) is 1.51. The van der Waals surface area contributed by atoms with Crippen LogP contribution in [-0.2, 0) is 16.1 Å². The van der Waals surface area contributed by atoms with Gasteiger partial charge < -0.3 is 19.3 Å². The number of ether oxygens (including phenoxy) is 2. The number of esters is 1. The van der Waals surface area contributed by atoms with Crippen molar-refractivity contribution in [3.05, 3.63) is 64.0 Å². The summed E-state index contributed by atoms with van der Waals surface area (Å²) in [5.74, 6) is 2.17. The summed E-state index contributed by atoms with van der Waals surface area (Å²) in [4.78, 5) is 34.8. The van der Waals surface area contributed by atoms with Gasteiger partial charge in [0.05, 0.1) is 18.2 Å². The van der Waals surface area contributed by atoms with Crippen LogP contribution in [0.25, 0.3) is 11.3 Å². The molecule has 4 aliphatic rings. The topological polar surface area (TPSA) is 72.0 Å². The average Bonchev–Trinajstić information content (AvgIpc) is 3.30. The van der Waals surface area contributed by atoms with Crippen molar-refractivity contribution in [1.29, 1.82) is 0 Å². The molecular formula is C33H37N3O4S. The second kappa shape index (κ2) is 10.2. The number of rotatable bonds is 7. The first kappa shape index (κ1) is 26.5. The van der Waals surface area contributed by atoms with Crippen molar-refractivity contribution in [2.75, 3.05) is 38.2 Å². The van der Waals surface area contributed by atoms with Gasteiger partial charge in [0, 0.05) is 42.7 Å². The molecule has 7 nitrogen and oxygen atoms in total. The molecule has 2 saturated heterocycles. The summed E-state index contributed by atoms with van der Waals surface area (Å²) in [6.07, 6.45) is 4.51. The fourth-order valence-corrected chi connectivity index (χ4v) is 8.53. The number of hydrogen-bond acceptors (Lipinski definition) is 7. The van der Waals surface area contributed by atoms with Gasteiger partial charge in [-0.05, 0) is 92.7 Å². The molecule has 0 N–H and O–H groups in total. The predicted molar refractivity (Wildman–Crippen MR) is 159 cm³/mol. The number of likely N-dealkylation sites (tertiary alicyclic amines) is 1. The average molecular weight is 572 g/mol. The number of carbonyl (C=O) groups excluding carboxylic acids is 2. The highest BCUT2D eigenvalue weighted by molar-refractivity contribution is 7.14. The highest BCUT2D eigenvalue weighted by Crippen LogP contribution is 2.77. The Bertz CT molecular complexity index is 1500. The third kappa shape index (κ3) is 4.33. The van der Waals surface area contributed by atoms with Crippen LogP contribution in [-0.4, -0.2) is 55.0 Å². The number of aryl methyl sites for hydroxylation is 2. The number of benzene rings is 2. The van der Waals surface area contributed by atoms with Crippen LogP contribution in [0, 0.1) is 37.0 Å². The van der Waals surface area contributed by atoms with Crippen LogP contribution in [0.1, 0.15) is 52.7 Å². The third-order valence-electron chi connectivity index (χ3n) is 10.0. The Balaban J connectivity index is 1.05. The normalized spacial score (nSPS) is 26.2. The fourth-order valence-electron chi connectivity index (χ4n) is 7.68. The molecule has 0 bridgehead atoms. The van der Waals surface area contributed by atoms with Crippen molar-refractivity contribution < 1.29 is 19.1 Å². The van der Waals surface area contributed by atoms with Gasteiger partial charge in [-0.15, -0.1) is 11.3 Å². The van der Waals surface area contributed by atoms with E-state index in [1.165, 1.54) is 13.5 Å². The number of carbonyl (C=O) groups is 2. The first-order valence-corrected chi connectivity index (χ1v) is 15.7. The summed E-state index contributed by atoms with van der Waals surface area (Å²) in [6, 6.07) is 12.2. The molecule has 4 atom stereocenters. The molecule has 1 amide bonds. The minimum Gasteiger partial charge on any atom is -0.488 e. The van der Waals surface area contributed by atoms with Crippen molar-refractivity contribution in [1.82, 2.24) is 9.88 Å². The zero-order chi connectivity index (χ0) is 28.3. The Morgan fingerprint density at radius 1 is 1.05 bits per heavy atom.